The van der Waals surface area contributed by atoms with E-state index in [0.29, 0.717) is 13.1 Å². The van der Waals surface area contributed by atoms with Gasteiger partial charge in [0, 0.05) is 24.0 Å². The Labute approximate surface area is 140 Å². The maximum atomic E-state index is 11.7. The number of hydrogen-bond acceptors (Lipinski definition) is 2. The number of guanidine groups is 1. The van der Waals surface area contributed by atoms with E-state index in [0.717, 1.165) is 12.5 Å². The molecule has 0 saturated heterocycles. The SMILES string of the molecule is CCNC(=NCCNC(=O)C(C)(C)C)NC(C)(C)C.I. The Morgan fingerprint density at radius 1 is 1.05 bits per heavy atom. The Morgan fingerprint density at radius 3 is 2.00 bits per heavy atom. The molecule has 5 nitrogen and oxygen atoms in total. The first-order valence-electron chi connectivity index (χ1n) is 6.91. The van der Waals surface area contributed by atoms with Crippen molar-refractivity contribution >= 4 is 35.8 Å². The third kappa shape index (κ3) is 11.3. The Bertz CT molecular complexity index is 316. The van der Waals surface area contributed by atoms with E-state index in [-0.39, 0.29) is 40.8 Å². The molecule has 0 radical (unpaired) electrons. The average Bonchev–Trinajstić information content (AvgIpc) is 2.20. The van der Waals surface area contributed by atoms with Crippen molar-refractivity contribution in [3.05, 3.63) is 0 Å². The molecule has 1 amide bonds. The summed E-state index contributed by atoms with van der Waals surface area (Å²) in [6, 6.07) is 0. The molecule has 120 valence electrons. The molecule has 0 aliphatic carbocycles. The Balaban J connectivity index is 0. The van der Waals surface area contributed by atoms with Crippen LogP contribution in [-0.2, 0) is 4.79 Å². The standard InChI is InChI=1S/C14H30N4O.HI/c1-8-15-12(18-14(5,6)7)17-10-9-16-11(19)13(2,3)4;/h8-10H2,1-7H3,(H,16,19)(H2,15,17,18);1H. The maximum absolute atomic E-state index is 11.7. The summed E-state index contributed by atoms with van der Waals surface area (Å²) in [7, 11) is 0. The van der Waals surface area contributed by atoms with E-state index in [2.05, 4.69) is 41.7 Å². The molecule has 0 saturated carbocycles. The summed E-state index contributed by atoms with van der Waals surface area (Å²) in [5.41, 5.74) is -0.381. The van der Waals surface area contributed by atoms with Gasteiger partial charge in [-0.3, -0.25) is 9.79 Å². The predicted molar refractivity (Wildman–Crippen MR) is 96.7 cm³/mol. The summed E-state index contributed by atoms with van der Waals surface area (Å²) < 4.78 is 0. The zero-order valence-corrected chi connectivity index (χ0v) is 16.2. The highest BCUT2D eigenvalue weighted by molar-refractivity contribution is 14.0. The molecule has 0 bridgehead atoms. The normalized spacial score (nSPS) is 12.4. The quantitative estimate of drug-likeness (QED) is 0.294. The van der Waals surface area contributed by atoms with Crippen molar-refractivity contribution in [3.8, 4) is 0 Å². The third-order valence-electron chi connectivity index (χ3n) is 2.19. The van der Waals surface area contributed by atoms with Gasteiger partial charge in [-0.05, 0) is 27.7 Å². The number of rotatable bonds is 4. The van der Waals surface area contributed by atoms with Gasteiger partial charge in [-0.25, -0.2) is 0 Å². The van der Waals surface area contributed by atoms with Crippen molar-refractivity contribution in [2.75, 3.05) is 19.6 Å². The molecule has 0 aromatic carbocycles. The van der Waals surface area contributed by atoms with Crippen LogP contribution in [0.2, 0.25) is 0 Å². The fourth-order valence-corrected chi connectivity index (χ4v) is 1.26. The van der Waals surface area contributed by atoms with Gasteiger partial charge in [0.25, 0.3) is 0 Å². The molecule has 0 unspecified atom stereocenters. The first-order chi connectivity index (χ1) is 8.56. The van der Waals surface area contributed by atoms with Crippen molar-refractivity contribution in [1.29, 1.82) is 0 Å². The maximum Gasteiger partial charge on any atom is 0.225 e. The number of amides is 1. The monoisotopic (exact) mass is 398 g/mol. The molecule has 6 heteroatoms. The van der Waals surface area contributed by atoms with Gasteiger partial charge in [0.2, 0.25) is 5.91 Å². The fraction of sp³-hybridized carbons (Fsp3) is 0.857. The smallest absolute Gasteiger partial charge is 0.225 e. The van der Waals surface area contributed by atoms with Gasteiger partial charge in [-0.2, -0.15) is 0 Å². The number of nitrogens with zero attached hydrogens (tertiary/aromatic N) is 1. The van der Waals surface area contributed by atoms with E-state index in [1.54, 1.807) is 0 Å². The Morgan fingerprint density at radius 2 is 1.60 bits per heavy atom. The molecule has 20 heavy (non-hydrogen) atoms. The lowest BCUT2D eigenvalue weighted by atomic mass is 9.96. The van der Waals surface area contributed by atoms with Crippen LogP contribution in [0.25, 0.3) is 0 Å². The van der Waals surface area contributed by atoms with E-state index < -0.39 is 0 Å². The van der Waals surface area contributed by atoms with Crippen LogP contribution in [0.1, 0.15) is 48.5 Å². The topological polar surface area (TPSA) is 65.5 Å². The summed E-state index contributed by atoms with van der Waals surface area (Å²) >= 11 is 0. The van der Waals surface area contributed by atoms with E-state index in [1.165, 1.54) is 0 Å². The molecule has 0 spiro atoms. The molecule has 0 aliphatic heterocycles. The minimum absolute atomic E-state index is 0. The van der Waals surface area contributed by atoms with Crippen molar-refractivity contribution in [2.45, 2.75) is 54.0 Å². The molecule has 0 fully saturated rings. The van der Waals surface area contributed by atoms with E-state index in [1.807, 2.05) is 27.7 Å². The van der Waals surface area contributed by atoms with Gasteiger partial charge in [-0.15, -0.1) is 24.0 Å². The highest BCUT2D eigenvalue weighted by atomic mass is 127. The van der Waals surface area contributed by atoms with E-state index >= 15 is 0 Å². The highest BCUT2D eigenvalue weighted by Gasteiger charge is 2.20. The molecule has 0 aliphatic rings. The zero-order chi connectivity index (χ0) is 15.1. The van der Waals surface area contributed by atoms with Crippen molar-refractivity contribution < 1.29 is 4.79 Å². The lowest BCUT2D eigenvalue weighted by molar-refractivity contribution is -0.128. The lowest BCUT2D eigenvalue weighted by Crippen LogP contribution is -2.48. The molecule has 0 aromatic rings. The second-order valence-corrected chi connectivity index (χ2v) is 6.64. The average molecular weight is 398 g/mol. The van der Waals surface area contributed by atoms with Crippen LogP contribution < -0.4 is 16.0 Å². The summed E-state index contributed by atoms with van der Waals surface area (Å²) in [4.78, 5) is 16.1. The second kappa shape index (κ2) is 9.41. The minimum Gasteiger partial charge on any atom is -0.357 e. The summed E-state index contributed by atoms with van der Waals surface area (Å²) in [5, 5.41) is 9.37. The molecular formula is C14H31IN4O. The molecule has 0 atom stereocenters. The van der Waals surface area contributed by atoms with Crippen LogP contribution in [0.3, 0.4) is 0 Å². The van der Waals surface area contributed by atoms with Crippen LogP contribution in [0, 0.1) is 5.41 Å². The molecule has 0 rings (SSSR count). The number of hydrogen-bond donors (Lipinski definition) is 3. The third-order valence-corrected chi connectivity index (χ3v) is 2.19. The predicted octanol–water partition coefficient (Wildman–Crippen LogP) is 2.12. The van der Waals surface area contributed by atoms with Gasteiger partial charge < -0.3 is 16.0 Å². The van der Waals surface area contributed by atoms with E-state index in [9.17, 15) is 4.79 Å². The van der Waals surface area contributed by atoms with Gasteiger partial charge in [0.1, 0.15) is 0 Å². The number of carbonyl (C=O) groups is 1. The van der Waals surface area contributed by atoms with Crippen molar-refractivity contribution in [2.24, 2.45) is 10.4 Å². The van der Waals surface area contributed by atoms with Gasteiger partial charge in [0.15, 0.2) is 5.96 Å². The Hall–Kier alpha value is -0.530. The Kier molecular flexibility index (Phi) is 10.2. The van der Waals surface area contributed by atoms with Crippen LogP contribution in [-0.4, -0.2) is 37.0 Å². The molecule has 3 N–H and O–H groups in total. The van der Waals surface area contributed by atoms with Gasteiger partial charge >= 0.3 is 0 Å². The number of aliphatic imine (C=N–C) groups is 1. The zero-order valence-electron chi connectivity index (χ0n) is 13.9. The summed E-state index contributed by atoms with van der Waals surface area (Å²) in [6.07, 6.45) is 0. The van der Waals surface area contributed by atoms with Gasteiger partial charge in [0.05, 0.1) is 6.54 Å². The first-order valence-corrected chi connectivity index (χ1v) is 6.91. The fourth-order valence-electron chi connectivity index (χ4n) is 1.26. The summed E-state index contributed by atoms with van der Waals surface area (Å²) in [6.45, 7) is 15.9. The van der Waals surface area contributed by atoms with Crippen LogP contribution >= 0.6 is 24.0 Å². The van der Waals surface area contributed by atoms with Crippen molar-refractivity contribution in [3.63, 3.8) is 0 Å². The highest BCUT2D eigenvalue weighted by Crippen LogP contribution is 2.11. The first kappa shape index (κ1) is 21.8. The number of carbonyl (C=O) groups excluding carboxylic acids is 1. The van der Waals surface area contributed by atoms with Crippen LogP contribution in [0.5, 0.6) is 0 Å². The molecule has 0 aromatic heterocycles. The largest absolute Gasteiger partial charge is 0.357 e. The van der Waals surface area contributed by atoms with Gasteiger partial charge in [-0.1, -0.05) is 20.8 Å². The van der Waals surface area contributed by atoms with Crippen LogP contribution in [0.4, 0.5) is 0 Å². The number of halogens is 1. The van der Waals surface area contributed by atoms with Crippen molar-refractivity contribution in [1.82, 2.24) is 16.0 Å². The lowest BCUT2D eigenvalue weighted by Gasteiger charge is -2.23. The number of nitrogens with one attached hydrogen (secondary N) is 3. The molecular weight excluding hydrogens is 367 g/mol. The second-order valence-electron chi connectivity index (χ2n) is 6.64. The van der Waals surface area contributed by atoms with Crippen LogP contribution in [0.15, 0.2) is 4.99 Å². The summed E-state index contributed by atoms with van der Waals surface area (Å²) in [5.74, 6) is 0.830. The van der Waals surface area contributed by atoms with E-state index in [4.69, 9.17) is 0 Å². The minimum atomic E-state index is -0.349. The molecule has 0 heterocycles.